The number of halogens is 2. The van der Waals surface area contributed by atoms with Crippen LogP contribution >= 0.6 is 0 Å². The van der Waals surface area contributed by atoms with Gasteiger partial charge < -0.3 is 19.9 Å². The molecule has 1 aromatic carbocycles. The van der Waals surface area contributed by atoms with E-state index in [2.05, 4.69) is 9.47 Å². The van der Waals surface area contributed by atoms with Gasteiger partial charge in [0.1, 0.15) is 11.4 Å². The number of hydrogen-bond acceptors (Lipinski definition) is 5. The van der Waals surface area contributed by atoms with Gasteiger partial charge in [-0.05, 0) is 62.4 Å². The van der Waals surface area contributed by atoms with Gasteiger partial charge >= 0.3 is 6.29 Å². The first-order valence-electron chi connectivity index (χ1n) is 9.16. The number of aryl methyl sites for hydroxylation is 1. The van der Waals surface area contributed by atoms with Crippen molar-refractivity contribution in [3.63, 3.8) is 0 Å². The second kappa shape index (κ2) is 6.64. The van der Waals surface area contributed by atoms with Crippen LogP contribution in [-0.4, -0.2) is 24.4 Å². The highest BCUT2D eigenvalue weighted by atomic mass is 19.3. The van der Waals surface area contributed by atoms with E-state index in [0.717, 1.165) is 24.1 Å². The van der Waals surface area contributed by atoms with E-state index in [1.54, 1.807) is 6.07 Å². The summed E-state index contributed by atoms with van der Waals surface area (Å²) in [5, 5.41) is 0. The van der Waals surface area contributed by atoms with Gasteiger partial charge in [-0.1, -0.05) is 0 Å². The molecule has 1 saturated carbocycles. The van der Waals surface area contributed by atoms with Crippen LogP contribution in [0.4, 0.5) is 8.78 Å². The summed E-state index contributed by atoms with van der Waals surface area (Å²) in [5.74, 6) is 1.38. The van der Waals surface area contributed by atoms with Crippen molar-refractivity contribution in [3.05, 3.63) is 35.5 Å². The van der Waals surface area contributed by atoms with Crippen molar-refractivity contribution in [2.24, 2.45) is 11.7 Å². The normalized spacial score (nSPS) is 18.4. The quantitative estimate of drug-likeness (QED) is 0.817. The Morgan fingerprint density at radius 2 is 2.00 bits per heavy atom. The Balaban J connectivity index is 1.80. The lowest BCUT2D eigenvalue weighted by molar-refractivity contribution is -0.286. The molecular formula is C20H22F2N2O3. The zero-order chi connectivity index (χ0) is 19.2. The fourth-order valence-electron chi connectivity index (χ4n) is 3.55. The van der Waals surface area contributed by atoms with Gasteiger partial charge in [-0.2, -0.15) is 0 Å². The molecule has 0 radical (unpaired) electrons. The van der Waals surface area contributed by atoms with Crippen molar-refractivity contribution in [2.45, 2.75) is 38.9 Å². The van der Waals surface area contributed by atoms with E-state index in [1.807, 2.05) is 19.9 Å². The summed E-state index contributed by atoms with van der Waals surface area (Å²) >= 11 is 0. The molecule has 0 amide bonds. The van der Waals surface area contributed by atoms with Crippen LogP contribution in [0.15, 0.2) is 24.3 Å². The van der Waals surface area contributed by atoms with Gasteiger partial charge in [-0.3, -0.25) is 0 Å². The molecule has 2 heterocycles. The minimum absolute atomic E-state index is 0.00685. The summed E-state index contributed by atoms with van der Waals surface area (Å²) in [6.45, 7) is 4.85. The summed E-state index contributed by atoms with van der Waals surface area (Å²) in [5.41, 5.74) is 9.09. The number of aromatic nitrogens is 1. The smallest absolute Gasteiger partial charge is 0.491 e. The number of benzene rings is 1. The summed E-state index contributed by atoms with van der Waals surface area (Å²) in [6.07, 6.45) is -1.33. The lowest BCUT2D eigenvalue weighted by atomic mass is 9.96. The summed E-state index contributed by atoms with van der Waals surface area (Å²) in [4.78, 5) is 4.83. The predicted octanol–water partition coefficient (Wildman–Crippen LogP) is 4.23. The second-order valence-electron chi connectivity index (χ2n) is 6.98. The highest BCUT2D eigenvalue weighted by molar-refractivity contribution is 5.71. The molecule has 2 N–H and O–H groups in total. The number of rotatable bonds is 6. The number of pyridine rings is 1. The van der Waals surface area contributed by atoms with Crippen molar-refractivity contribution in [1.29, 1.82) is 0 Å². The fraction of sp³-hybridized carbons (Fsp3) is 0.450. The Labute approximate surface area is 156 Å². The maximum absolute atomic E-state index is 13.3. The van der Waals surface area contributed by atoms with Crippen molar-refractivity contribution < 1.29 is 23.0 Å². The average molecular weight is 376 g/mol. The Hall–Kier alpha value is -2.41. The molecule has 1 atom stereocenters. The van der Waals surface area contributed by atoms with Crippen LogP contribution < -0.4 is 19.9 Å². The van der Waals surface area contributed by atoms with Crippen molar-refractivity contribution >= 4 is 0 Å². The van der Waals surface area contributed by atoms with Crippen LogP contribution in [0.3, 0.4) is 0 Å². The van der Waals surface area contributed by atoms with E-state index in [0.29, 0.717) is 36.1 Å². The lowest BCUT2D eigenvalue weighted by Crippen LogP contribution is -2.25. The van der Waals surface area contributed by atoms with Gasteiger partial charge in [-0.25, -0.2) is 4.98 Å². The molecule has 0 bridgehead atoms. The van der Waals surface area contributed by atoms with E-state index in [9.17, 15) is 8.78 Å². The number of ether oxygens (including phenoxy) is 3. The molecule has 2 aromatic rings. The molecule has 4 rings (SSSR count). The molecule has 1 unspecified atom stereocenters. The van der Waals surface area contributed by atoms with E-state index < -0.39 is 6.29 Å². The zero-order valence-corrected chi connectivity index (χ0v) is 15.3. The third-order valence-corrected chi connectivity index (χ3v) is 4.97. The minimum atomic E-state index is -3.65. The third kappa shape index (κ3) is 3.43. The number of fused-ring (bicyclic) bond motifs is 1. The molecule has 5 nitrogen and oxygen atoms in total. The van der Waals surface area contributed by atoms with Crippen LogP contribution in [0.1, 0.15) is 36.9 Å². The highest BCUT2D eigenvalue weighted by Gasteiger charge is 2.43. The molecule has 2 aliphatic rings. The lowest BCUT2D eigenvalue weighted by Gasteiger charge is -2.19. The molecular weight excluding hydrogens is 354 g/mol. The van der Waals surface area contributed by atoms with E-state index in [-0.39, 0.29) is 17.4 Å². The molecule has 27 heavy (non-hydrogen) atoms. The Morgan fingerprint density at radius 3 is 2.67 bits per heavy atom. The fourth-order valence-corrected chi connectivity index (χ4v) is 3.55. The van der Waals surface area contributed by atoms with Crippen molar-refractivity contribution in [2.75, 3.05) is 13.2 Å². The third-order valence-electron chi connectivity index (χ3n) is 4.97. The van der Waals surface area contributed by atoms with Gasteiger partial charge in [0.2, 0.25) is 0 Å². The van der Waals surface area contributed by atoms with Crippen molar-refractivity contribution in [3.8, 4) is 28.5 Å². The van der Waals surface area contributed by atoms with Gasteiger partial charge in [0.05, 0.1) is 6.61 Å². The molecule has 0 spiro atoms. The first-order valence-corrected chi connectivity index (χ1v) is 9.16. The maximum atomic E-state index is 13.3. The molecule has 144 valence electrons. The van der Waals surface area contributed by atoms with Crippen LogP contribution in [0, 0.1) is 12.8 Å². The zero-order valence-electron chi connectivity index (χ0n) is 15.3. The van der Waals surface area contributed by atoms with Gasteiger partial charge in [0, 0.05) is 23.7 Å². The molecule has 0 saturated heterocycles. The molecule has 1 fully saturated rings. The second-order valence-corrected chi connectivity index (χ2v) is 6.98. The molecule has 1 aromatic heterocycles. The summed E-state index contributed by atoms with van der Waals surface area (Å²) < 4.78 is 41.6. The number of nitrogens with two attached hydrogens (primary N) is 1. The van der Waals surface area contributed by atoms with E-state index in [1.165, 1.54) is 12.1 Å². The Kier molecular flexibility index (Phi) is 4.42. The van der Waals surface area contributed by atoms with E-state index in [4.69, 9.17) is 15.5 Å². The summed E-state index contributed by atoms with van der Waals surface area (Å²) in [6, 6.07) is 6.68. The van der Waals surface area contributed by atoms with Crippen molar-refractivity contribution in [1.82, 2.24) is 4.98 Å². The minimum Gasteiger partial charge on any atom is -0.491 e. The largest absolute Gasteiger partial charge is 0.586 e. The van der Waals surface area contributed by atoms with Crippen LogP contribution in [0.25, 0.3) is 11.3 Å². The topological polar surface area (TPSA) is 66.6 Å². The molecule has 1 aliphatic carbocycles. The Bertz CT molecular complexity index is 869. The first kappa shape index (κ1) is 18.0. The monoisotopic (exact) mass is 376 g/mol. The predicted molar refractivity (Wildman–Crippen MR) is 96.3 cm³/mol. The van der Waals surface area contributed by atoms with Crippen LogP contribution in [-0.2, 0) is 0 Å². The van der Waals surface area contributed by atoms with Crippen LogP contribution in [0.5, 0.6) is 17.2 Å². The molecule has 1 aliphatic heterocycles. The Morgan fingerprint density at radius 1 is 1.26 bits per heavy atom. The molecule has 7 heteroatoms. The number of nitrogens with zero attached hydrogens (tertiary/aromatic N) is 1. The average Bonchev–Trinajstić information content (AvgIpc) is 3.38. The maximum Gasteiger partial charge on any atom is 0.586 e. The van der Waals surface area contributed by atoms with Gasteiger partial charge in [0.15, 0.2) is 11.5 Å². The van der Waals surface area contributed by atoms with Gasteiger partial charge in [0.25, 0.3) is 0 Å². The first-order chi connectivity index (χ1) is 12.9. The highest BCUT2D eigenvalue weighted by Crippen LogP contribution is 2.46. The number of hydrogen-bond donors (Lipinski definition) is 1. The van der Waals surface area contributed by atoms with Crippen LogP contribution in [0.2, 0.25) is 0 Å². The van der Waals surface area contributed by atoms with Gasteiger partial charge in [-0.15, -0.1) is 8.78 Å². The SMILES string of the molecule is CCOc1c(C)cc(C(CN)C2CC2)nc1-c1ccc2c(c1)OC(F)(F)O2. The van der Waals surface area contributed by atoms with E-state index >= 15 is 0 Å². The standard InChI is InChI=1S/C20H22F2N2O3/c1-3-25-19-11(2)8-15(14(10-23)12-4-5-12)24-18(19)13-6-7-16-17(9-13)27-20(21,22)26-16/h6-9,12,14H,3-5,10,23H2,1-2H3. The summed E-state index contributed by atoms with van der Waals surface area (Å²) in [7, 11) is 0. The number of alkyl halides is 2.